The second kappa shape index (κ2) is 9.89. The van der Waals surface area contributed by atoms with Crippen molar-refractivity contribution < 1.29 is 17.6 Å². The molecule has 3 heterocycles. The van der Waals surface area contributed by atoms with Crippen molar-refractivity contribution in [1.29, 1.82) is 0 Å². The molecule has 1 saturated heterocycles. The summed E-state index contributed by atoms with van der Waals surface area (Å²) in [7, 11) is -3.55. The Kier molecular flexibility index (Phi) is 6.71. The van der Waals surface area contributed by atoms with Crippen LogP contribution in [0.2, 0.25) is 0 Å². The fraction of sp³-hybridized carbons (Fsp3) is 0.375. The van der Waals surface area contributed by atoms with Gasteiger partial charge in [-0.1, -0.05) is 48.5 Å². The average molecular weight is 499 g/mol. The highest BCUT2D eigenvalue weighted by Crippen LogP contribution is 2.28. The Labute approximate surface area is 203 Å². The smallest absolute Gasteiger partial charge is 0.277 e. The van der Waals surface area contributed by atoms with Crippen molar-refractivity contribution in [3.63, 3.8) is 0 Å². The van der Waals surface area contributed by atoms with Crippen LogP contribution < -0.4 is 0 Å². The topological polar surface area (TPSA) is 96.6 Å². The molecule has 0 atom stereocenters. The van der Waals surface area contributed by atoms with Gasteiger partial charge in [0.15, 0.2) is 0 Å². The molecule has 0 N–H and O–H groups in total. The third-order valence-electron chi connectivity index (χ3n) is 6.24. The number of rotatable bonds is 6. The molecule has 178 valence electrons. The van der Waals surface area contributed by atoms with Gasteiger partial charge in [-0.3, -0.25) is 4.79 Å². The van der Waals surface area contributed by atoms with Gasteiger partial charge >= 0.3 is 0 Å². The van der Waals surface area contributed by atoms with Crippen LogP contribution in [0.4, 0.5) is 0 Å². The van der Waals surface area contributed by atoms with E-state index in [-0.39, 0.29) is 27.7 Å². The second-order valence-electron chi connectivity index (χ2n) is 8.49. The predicted octanol–water partition coefficient (Wildman–Crippen LogP) is 3.59. The summed E-state index contributed by atoms with van der Waals surface area (Å²) >= 11 is 1.19. The highest BCUT2D eigenvalue weighted by molar-refractivity contribution is 7.99. The zero-order chi connectivity index (χ0) is 23.5. The first-order chi connectivity index (χ1) is 16.5. The van der Waals surface area contributed by atoms with E-state index in [1.54, 1.807) is 24.3 Å². The number of nitrogens with zero attached hydrogens (tertiary/aromatic N) is 4. The summed E-state index contributed by atoms with van der Waals surface area (Å²) < 4.78 is 33.3. The lowest BCUT2D eigenvalue weighted by atomic mass is 10.00. The lowest BCUT2D eigenvalue weighted by Gasteiger charge is -2.28. The molecular formula is C24H26N4O4S2. The van der Waals surface area contributed by atoms with E-state index >= 15 is 0 Å². The van der Waals surface area contributed by atoms with Crippen LogP contribution in [0.3, 0.4) is 0 Å². The van der Waals surface area contributed by atoms with Gasteiger partial charge in [0.25, 0.3) is 5.22 Å². The number of thioether (sulfide) groups is 1. The van der Waals surface area contributed by atoms with Crippen LogP contribution >= 0.6 is 11.8 Å². The Morgan fingerprint density at radius 2 is 1.76 bits per heavy atom. The fourth-order valence-corrected chi connectivity index (χ4v) is 6.58. The van der Waals surface area contributed by atoms with Gasteiger partial charge in [0.1, 0.15) is 0 Å². The number of hydrogen-bond acceptors (Lipinski definition) is 7. The van der Waals surface area contributed by atoms with E-state index in [4.69, 9.17) is 4.42 Å². The van der Waals surface area contributed by atoms with Crippen LogP contribution in [0.1, 0.15) is 30.4 Å². The molecule has 0 saturated carbocycles. The molecule has 3 aromatic rings. The monoisotopic (exact) mass is 498 g/mol. The Morgan fingerprint density at radius 1 is 0.971 bits per heavy atom. The predicted molar refractivity (Wildman–Crippen MR) is 129 cm³/mol. The summed E-state index contributed by atoms with van der Waals surface area (Å²) in [5.41, 5.74) is 3.02. The van der Waals surface area contributed by atoms with Gasteiger partial charge in [-0.25, -0.2) is 8.42 Å². The van der Waals surface area contributed by atoms with Crippen molar-refractivity contribution in [3.05, 3.63) is 59.7 Å². The minimum atomic E-state index is -3.55. The summed E-state index contributed by atoms with van der Waals surface area (Å²) in [4.78, 5) is 14.8. The molecule has 1 fully saturated rings. The maximum absolute atomic E-state index is 13.0. The third kappa shape index (κ3) is 4.89. The second-order valence-corrected chi connectivity index (χ2v) is 11.4. The summed E-state index contributed by atoms with van der Waals surface area (Å²) in [5, 5.41) is 8.40. The van der Waals surface area contributed by atoms with E-state index in [1.807, 2.05) is 17.0 Å². The number of carbonyl (C=O) groups excluding carboxylic acids is 1. The normalized spacial score (nSPS) is 16.9. The summed E-state index contributed by atoms with van der Waals surface area (Å²) in [6.07, 6.45) is 3.67. The molecule has 2 aromatic carbocycles. The van der Waals surface area contributed by atoms with E-state index < -0.39 is 10.0 Å². The zero-order valence-electron chi connectivity index (χ0n) is 18.7. The molecule has 8 nitrogen and oxygen atoms in total. The number of hydrogen-bond donors (Lipinski definition) is 0. The Bertz CT molecular complexity index is 1290. The number of benzene rings is 2. The molecule has 0 unspecified atom stereocenters. The summed E-state index contributed by atoms with van der Waals surface area (Å²) in [6.45, 7) is 2.40. The lowest BCUT2D eigenvalue weighted by Crippen LogP contribution is -2.37. The molecule has 1 amide bonds. The molecule has 2 aliphatic rings. The standard InChI is InChI=1S/C24H26N4O4S2/c29-22(27-14-11-18-7-2-3-8-20(18)16-27)17-33-24-26-25-23(32-24)19-9-6-10-21(15-19)34(30,31)28-12-4-1-5-13-28/h2-3,6-10,15H,1,4-5,11-14,16-17H2. The van der Waals surface area contributed by atoms with Gasteiger partial charge in [-0.15, -0.1) is 10.2 Å². The molecule has 2 aliphatic heterocycles. The van der Waals surface area contributed by atoms with E-state index in [1.165, 1.54) is 27.2 Å². The zero-order valence-corrected chi connectivity index (χ0v) is 20.4. The summed E-state index contributed by atoms with van der Waals surface area (Å²) in [5.74, 6) is 0.458. The van der Waals surface area contributed by atoms with Crippen LogP contribution in [-0.2, 0) is 27.8 Å². The van der Waals surface area contributed by atoms with Crippen molar-refractivity contribution in [2.75, 3.05) is 25.4 Å². The quantitative estimate of drug-likeness (QED) is 0.479. The molecule has 1 aromatic heterocycles. The van der Waals surface area contributed by atoms with E-state index in [2.05, 4.69) is 22.3 Å². The first-order valence-electron chi connectivity index (χ1n) is 11.4. The Hall–Kier alpha value is -2.69. The van der Waals surface area contributed by atoms with E-state index in [0.717, 1.165) is 25.7 Å². The molecule has 0 aliphatic carbocycles. The fourth-order valence-electron chi connectivity index (χ4n) is 4.35. The maximum Gasteiger partial charge on any atom is 0.277 e. The molecule has 34 heavy (non-hydrogen) atoms. The molecule has 10 heteroatoms. The van der Waals surface area contributed by atoms with Crippen molar-refractivity contribution in [3.8, 4) is 11.5 Å². The number of fused-ring (bicyclic) bond motifs is 1. The number of carbonyl (C=O) groups is 1. The number of amides is 1. The number of aromatic nitrogens is 2. The first kappa shape index (κ1) is 23.1. The number of sulfonamides is 1. The largest absolute Gasteiger partial charge is 0.411 e. The van der Waals surface area contributed by atoms with Crippen LogP contribution in [0.15, 0.2) is 63.1 Å². The van der Waals surface area contributed by atoms with Crippen LogP contribution in [0, 0.1) is 0 Å². The molecular weight excluding hydrogens is 472 g/mol. The SMILES string of the molecule is O=C(CSc1nnc(-c2cccc(S(=O)(=O)N3CCCCC3)c2)o1)N1CCc2ccccc2C1. The Balaban J connectivity index is 1.23. The third-order valence-corrected chi connectivity index (χ3v) is 8.94. The minimum Gasteiger partial charge on any atom is -0.411 e. The van der Waals surface area contributed by atoms with Crippen LogP contribution in [0.25, 0.3) is 11.5 Å². The molecule has 0 bridgehead atoms. The van der Waals surface area contributed by atoms with Crippen molar-refractivity contribution in [2.45, 2.75) is 42.3 Å². The Morgan fingerprint density at radius 3 is 2.59 bits per heavy atom. The molecule has 0 radical (unpaired) electrons. The van der Waals surface area contributed by atoms with Crippen molar-refractivity contribution in [2.24, 2.45) is 0 Å². The van der Waals surface area contributed by atoms with Gasteiger partial charge in [-0.2, -0.15) is 4.31 Å². The lowest BCUT2D eigenvalue weighted by molar-refractivity contribution is -0.129. The van der Waals surface area contributed by atoms with Gasteiger partial charge in [0.05, 0.1) is 10.6 Å². The molecule has 0 spiro atoms. The van der Waals surface area contributed by atoms with Gasteiger partial charge < -0.3 is 9.32 Å². The van der Waals surface area contributed by atoms with Crippen molar-refractivity contribution >= 4 is 27.7 Å². The maximum atomic E-state index is 13.0. The van der Waals surface area contributed by atoms with E-state index in [0.29, 0.717) is 31.7 Å². The van der Waals surface area contributed by atoms with Gasteiger partial charge in [0, 0.05) is 31.7 Å². The molecule has 5 rings (SSSR count). The first-order valence-corrected chi connectivity index (χ1v) is 13.8. The van der Waals surface area contributed by atoms with E-state index in [9.17, 15) is 13.2 Å². The van der Waals surface area contributed by atoms with Crippen LogP contribution in [-0.4, -0.2) is 59.1 Å². The number of piperidine rings is 1. The highest BCUT2D eigenvalue weighted by Gasteiger charge is 2.27. The van der Waals surface area contributed by atoms with Gasteiger partial charge in [-0.05, 0) is 48.6 Å². The minimum absolute atomic E-state index is 0.0221. The average Bonchev–Trinajstić information content (AvgIpc) is 3.37. The van der Waals surface area contributed by atoms with Crippen LogP contribution in [0.5, 0.6) is 0 Å². The van der Waals surface area contributed by atoms with Gasteiger partial charge in [0.2, 0.25) is 21.8 Å². The van der Waals surface area contributed by atoms with Crippen molar-refractivity contribution in [1.82, 2.24) is 19.4 Å². The summed E-state index contributed by atoms with van der Waals surface area (Å²) in [6, 6.07) is 14.8. The highest BCUT2D eigenvalue weighted by atomic mass is 32.2.